The molecule has 0 radical (unpaired) electrons. The third-order valence-electron chi connectivity index (χ3n) is 3.89. The third-order valence-corrected chi connectivity index (χ3v) is 3.89. The molecule has 0 spiro atoms. The first-order valence-electron chi connectivity index (χ1n) is 7.50. The van der Waals surface area contributed by atoms with Crippen molar-refractivity contribution in [3.05, 3.63) is 48.4 Å². The highest BCUT2D eigenvalue weighted by Gasteiger charge is 2.17. The summed E-state index contributed by atoms with van der Waals surface area (Å²) in [7, 11) is 1.84. The molecule has 0 saturated heterocycles. The SMILES string of the molecule is Cn1c(-c2ccnc(N)c2)nc2c(-c3ccc(F)cc3)nc(N)nc21. The Morgan fingerprint density at radius 3 is 2.44 bits per heavy atom. The first-order valence-corrected chi connectivity index (χ1v) is 7.50. The van der Waals surface area contributed by atoms with Crippen molar-refractivity contribution in [2.45, 2.75) is 0 Å². The summed E-state index contributed by atoms with van der Waals surface area (Å²) in [5.41, 5.74) is 14.8. The third kappa shape index (κ3) is 2.53. The number of nitrogens with zero attached hydrogens (tertiary/aromatic N) is 5. The van der Waals surface area contributed by atoms with Crippen molar-refractivity contribution in [3.8, 4) is 22.6 Å². The second kappa shape index (κ2) is 5.52. The summed E-state index contributed by atoms with van der Waals surface area (Å²) in [5, 5.41) is 0. The largest absolute Gasteiger partial charge is 0.384 e. The smallest absolute Gasteiger partial charge is 0.222 e. The average molecular weight is 335 g/mol. The van der Waals surface area contributed by atoms with Gasteiger partial charge >= 0.3 is 0 Å². The van der Waals surface area contributed by atoms with Gasteiger partial charge in [-0.15, -0.1) is 0 Å². The first-order chi connectivity index (χ1) is 12.0. The predicted molar refractivity (Wildman–Crippen MR) is 93.8 cm³/mol. The molecule has 124 valence electrons. The van der Waals surface area contributed by atoms with Crippen LogP contribution in [-0.4, -0.2) is 24.5 Å². The number of rotatable bonds is 2. The summed E-state index contributed by atoms with van der Waals surface area (Å²) >= 11 is 0. The van der Waals surface area contributed by atoms with Crippen LogP contribution in [0.25, 0.3) is 33.8 Å². The number of halogens is 1. The number of aryl methyl sites for hydroxylation is 1. The Balaban J connectivity index is 1.99. The fraction of sp³-hybridized carbons (Fsp3) is 0.0588. The van der Waals surface area contributed by atoms with E-state index in [0.29, 0.717) is 34.1 Å². The van der Waals surface area contributed by atoms with Crippen molar-refractivity contribution < 1.29 is 4.39 Å². The number of benzene rings is 1. The number of hydrogen-bond acceptors (Lipinski definition) is 6. The van der Waals surface area contributed by atoms with Crippen LogP contribution in [0, 0.1) is 5.82 Å². The Labute approximate surface area is 142 Å². The quantitative estimate of drug-likeness (QED) is 0.582. The summed E-state index contributed by atoms with van der Waals surface area (Å²) < 4.78 is 15.0. The number of hydrogen-bond donors (Lipinski definition) is 2. The normalized spacial score (nSPS) is 11.1. The zero-order valence-electron chi connectivity index (χ0n) is 13.3. The lowest BCUT2D eigenvalue weighted by Crippen LogP contribution is -2.00. The van der Waals surface area contributed by atoms with E-state index >= 15 is 0 Å². The second-order valence-electron chi connectivity index (χ2n) is 5.57. The van der Waals surface area contributed by atoms with Crippen molar-refractivity contribution in [1.82, 2.24) is 24.5 Å². The molecule has 0 unspecified atom stereocenters. The molecule has 4 aromatic rings. The van der Waals surface area contributed by atoms with E-state index in [-0.39, 0.29) is 11.8 Å². The summed E-state index contributed by atoms with van der Waals surface area (Å²) in [6.07, 6.45) is 1.62. The molecule has 0 aliphatic carbocycles. The number of anilines is 2. The van der Waals surface area contributed by atoms with E-state index in [4.69, 9.17) is 11.5 Å². The maximum Gasteiger partial charge on any atom is 0.222 e. The highest BCUT2D eigenvalue weighted by molar-refractivity contribution is 5.90. The maximum absolute atomic E-state index is 13.2. The zero-order chi connectivity index (χ0) is 17.6. The minimum absolute atomic E-state index is 0.121. The van der Waals surface area contributed by atoms with Crippen molar-refractivity contribution in [1.29, 1.82) is 0 Å². The fourth-order valence-corrected chi connectivity index (χ4v) is 2.73. The lowest BCUT2D eigenvalue weighted by Gasteiger charge is -2.04. The number of nitrogens with two attached hydrogens (primary N) is 2. The van der Waals surface area contributed by atoms with Gasteiger partial charge in [0.25, 0.3) is 0 Å². The molecule has 0 aliphatic heterocycles. The van der Waals surface area contributed by atoms with E-state index in [2.05, 4.69) is 19.9 Å². The molecule has 0 atom stereocenters. The summed E-state index contributed by atoms with van der Waals surface area (Å²) in [5.74, 6) is 0.855. The van der Waals surface area contributed by atoms with E-state index in [1.54, 1.807) is 24.4 Å². The lowest BCUT2D eigenvalue weighted by molar-refractivity contribution is 0.628. The highest BCUT2D eigenvalue weighted by Crippen LogP contribution is 2.30. The molecule has 8 heteroatoms. The Bertz CT molecular complexity index is 1090. The standard InChI is InChI=1S/C17H14FN7/c1-25-15(10-6-7-21-12(19)8-10)22-14-13(23-17(20)24-16(14)25)9-2-4-11(18)5-3-9/h2-8H,1H3,(H2,19,21)(H2,20,23,24). The molecule has 7 nitrogen and oxygen atoms in total. The second-order valence-corrected chi connectivity index (χ2v) is 5.57. The number of fused-ring (bicyclic) bond motifs is 1. The van der Waals surface area contributed by atoms with Gasteiger partial charge in [-0.05, 0) is 36.4 Å². The van der Waals surface area contributed by atoms with Crippen LogP contribution >= 0.6 is 0 Å². The summed E-state index contributed by atoms with van der Waals surface area (Å²) in [4.78, 5) is 17.3. The lowest BCUT2D eigenvalue weighted by atomic mass is 10.1. The molecule has 0 aliphatic rings. The molecule has 0 bridgehead atoms. The number of aromatic nitrogens is 5. The van der Waals surface area contributed by atoms with Crippen molar-refractivity contribution in [3.63, 3.8) is 0 Å². The van der Waals surface area contributed by atoms with Crippen molar-refractivity contribution in [2.24, 2.45) is 7.05 Å². The molecule has 0 saturated carbocycles. The van der Waals surface area contributed by atoms with Crippen molar-refractivity contribution >= 4 is 22.9 Å². The van der Waals surface area contributed by atoms with E-state index in [9.17, 15) is 4.39 Å². The first kappa shape index (κ1) is 15.0. The Morgan fingerprint density at radius 1 is 0.960 bits per heavy atom. The summed E-state index contributed by atoms with van der Waals surface area (Å²) in [6.45, 7) is 0. The van der Waals surface area contributed by atoms with Gasteiger partial charge < -0.3 is 16.0 Å². The maximum atomic E-state index is 13.2. The Kier molecular flexibility index (Phi) is 3.31. The van der Waals surface area contributed by atoms with Gasteiger partial charge in [0.1, 0.15) is 28.7 Å². The molecule has 1 aromatic carbocycles. The van der Waals surface area contributed by atoms with Gasteiger partial charge in [-0.3, -0.25) is 0 Å². The van der Waals surface area contributed by atoms with E-state index < -0.39 is 0 Å². The van der Waals surface area contributed by atoms with Crippen LogP contribution in [0.4, 0.5) is 16.2 Å². The molecule has 0 amide bonds. The Hall–Kier alpha value is -3.55. The van der Waals surface area contributed by atoms with E-state index in [1.807, 2.05) is 17.7 Å². The monoisotopic (exact) mass is 335 g/mol. The predicted octanol–water partition coefficient (Wildman–Crippen LogP) is 2.40. The van der Waals surface area contributed by atoms with Crippen LogP contribution in [-0.2, 0) is 7.05 Å². The van der Waals surface area contributed by atoms with Gasteiger partial charge in [0.2, 0.25) is 5.95 Å². The van der Waals surface area contributed by atoms with Crippen LogP contribution in [0.5, 0.6) is 0 Å². The minimum atomic E-state index is -0.323. The molecule has 3 aromatic heterocycles. The van der Waals surface area contributed by atoms with Gasteiger partial charge in [0, 0.05) is 24.4 Å². The van der Waals surface area contributed by atoms with Gasteiger partial charge in [0.15, 0.2) is 5.65 Å². The van der Waals surface area contributed by atoms with Crippen LogP contribution < -0.4 is 11.5 Å². The van der Waals surface area contributed by atoms with E-state index in [0.717, 1.165) is 5.56 Å². The highest BCUT2D eigenvalue weighted by atomic mass is 19.1. The topological polar surface area (TPSA) is 109 Å². The van der Waals surface area contributed by atoms with E-state index in [1.165, 1.54) is 12.1 Å². The molecule has 25 heavy (non-hydrogen) atoms. The van der Waals surface area contributed by atoms with Gasteiger partial charge in [-0.1, -0.05) is 0 Å². The van der Waals surface area contributed by atoms with Crippen LogP contribution in [0.2, 0.25) is 0 Å². The fourth-order valence-electron chi connectivity index (χ4n) is 2.73. The number of pyridine rings is 1. The van der Waals surface area contributed by atoms with Gasteiger partial charge in [-0.2, -0.15) is 4.98 Å². The number of imidazole rings is 1. The molecule has 4 rings (SSSR count). The summed E-state index contributed by atoms with van der Waals surface area (Å²) in [6, 6.07) is 9.55. The molecule has 3 heterocycles. The van der Waals surface area contributed by atoms with Gasteiger partial charge in [-0.25, -0.2) is 19.3 Å². The minimum Gasteiger partial charge on any atom is -0.384 e. The van der Waals surface area contributed by atoms with Crippen molar-refractivity contribution in [2.75, 3.05) is 11.5 Å². The Morgan fingerprint density at radius 2 is 1.72 bits per heavy atom. The zero-order valence-corrected chi connectivity index (χ0v) is 13.3. The molecular formula is C17H14FN7. The average Bonchev–Trinajstić information content (AvgIpc) is 2.92. The number of nitrogen functional groups attached to an aromatic ring is 2. The van der Waals surface area contributed by atoms with Gasteiger partial charge in [0.05, 0.1) is 0 Å². The molecule has 4 N–H and O–H groups in total. The van der Waals surface area contributed by atoms with Crippen LogP contribution in [0.3, 0.4) is 0 Å². The molecular weight excluding hydrogens is 321 g/mol. The molecule has 0 fully saturated rings. The van der Waals surface area contributed by atoms with Crippen LogP contribution in [0.1, 0.15) is 0 Å². The van der Waals surface area contributed by atoms with Crippen LogP contribution in [0.15, 0.2) is 42.6 Å².